The number of ether oxygens (including phenoxy) is 1. The summed E-state index contributed by atoms with van der Waals surface area (Å²) in [6, 6.07) is 7.87. The third-order valence-corrected chi connectivity index (χ3v) is 6.73. The Kier molecular flexibility index (Phi) is 9.03. The number of thioether (sulfide) groups is 1. The Hall–Kier alpha value is -1.57. The molecule has 3 rings (SSSR count). The molecule has 0 saturated heterocycles. The summed E-state index contributed by atoms with van der Waals surface area (Å²) >= 11 is 7.49. The number of hydrogen-bond acceptors (Lipinski definition) is 5. The quantitative estimate of drug-likeness (QED) is 0.332. The van der Waals surface area contributed by atoms with Crippen molar-refractivity contribution in [3.63, 3.8) is 0 Å². The normalized spacial score (nSPS) is 16.2. The van der Waals surface area contributed by atoms with Gasteiger partial charge in [0.15, 0.2) is 11.0 Å². The Bertz CT molecular complexity index is 804. The molecular formula is C22H31ClN4O2S. The lowest BCUT2D eigenvalue weighted by molar-refractivity contribution is -0.121. The van der Waals surface area contributed by atoms with E-state index in [0.29, 0.717) is 17.7 Å². The summed E-state index contributed by atoms with van der Waals surface area (Å²) < 4.78 is 7.28. The van der Waals surface area contributed by atoms with E-state index in [2.05, 4.69) is 20.1 Å². The molecule has 6 nitrogen and oxygen atoms in total. The lowest BCUT2D eigenvalue weighted by atomic mass is 10.1. The Balaban J connectivity index is 1.71. The smallest absolute Gasteiger partial charge is 0.233 e. The molecule has 0 bridgehead atoms. The van der Waals surface area contributed by atoms with Crippen LogP contribution in [0.4, 0.5) is 0 Å². The summed E-state index contributed by atoms with van der Waals surface area (Å²) in [6.45, 7) is 3.31. The minimum atomic E-state index is -0.239. The predicted molar refractivity (Wildman–Crippen MR) is 122 cm³/mol. The highest BCUT2D eigenvalue weighted by Gasteiger charge is 2.23. The van der Waals surface area contributed by atoms with Crippen LogP contribution < -0.4 is 5.32 Å². The molecule has 0 radical (unpaired) electrons. The van der Waals surface area contributed by atoms with Gasteiger partial charge in [-0.15, -0.1) is 10.2 Å². The van der Waals surface area contributed by atoms with Crippen LogP contribution in [0.2, 0.25) is 5.02 Å². The van der Waals surface area contributed by atoms with Crippen molar-refractivity contribution in [2.24, 2.45) is 0 Å². The van der Waals surface area contributed by atoms with Gasteiger partial charge in [0.2, 0.25) is 5.91 Å². The molecule has 8 heteroatoms. The molecule has 2 aromatic rings. The van der Waals surface area contributed by atoms with Crippen LogP contribution in [-0.2, 0) is 16.1 Å². The molecule has 0 spiro atoms. The Labute approximate surface area is 188 Å². The third-order valence-electron chi connectivity index (χ3n) is 5.40. The van der Waals surface area contributed by atoms with Crippen molar-refractivity contribution in [2.45, 2.75) is 74.9 Å². The number of hydrogen-bond donors (Lipinski definition) is 1. The largest absolute Gasteiger partial charge is 0.385 e. The molecule has 1 fully saturated rings. The standard InChI is InChI=1S/C22H31ClN4O2S/c1-16(21(28)24-19-8-5-3-4-6-9-19)30-22-26-25-20(27(22)14-7-15-29-2)17-10-12-18(23)13-11-17/h10-13,16,19H,3-9,14-15H2,1-2H3,(H,24,28)/t16-/m0/s1. The first-order chi connectivity index (χ1) is 14.6. The summed E-state index contributed by atoms with van der Waals surface area (Å²) in [5.74, 6) is 0.855. The highest BCUT2D eigenvalue weighted by molar-refractivity contribution is 8.00. The van der Waals surface area contributed by atoms with Gasteiger partial charge in [0, 0.05) is 36.9 Å². The second-order valence-electron chi connectivity index (χ2n) is 7.77. The van der Waals surface area contributed by atoms with Gasteiger partial charge in [-0.05, 0) is 50.5 Å². The van der Waals surface area contributed by atoms with E-state index in [0.717, 1.165) is 42.4 Å². The number of nitrogens with one attached hydrogen (secondary N) is 1. The van der Waals surface area contributed by atoms with Crippen LogP contribution in [0.5, 0.6) is 0 Å². The maximum absolute atomic E-state index is 12.8. The summed E-state index contributed by atoms with van der Waals surface area (Å²) in [7, 11) is 1.70. The van der Waals surface area contributed by atoms with E-state index in [1.54, 1.807) is 7.11 Å². The Morgan fingerprint density at radius 2 is 1.93 bits per heavy atom. The van der Waals surface area contributed by atoms with Crippen LogP contribution >= 0.6 is 23.4 Å². The van der Waals surface area contributed by atoms with Crippen molar-refractivity contribution < 1.29 is 9.53 Å². The van der Waals surface area contributed by atoms with Gasteiger partial charge in [-0.2, -0.15) is 0 Å². The van der Waals surface area contributed by atoms with Gasteiger partial charge in [0.25, 0.3) is 0 Å². The van der Waals surface area contributed by atoms with Crippen LogP contribution in [0.15, 0.2) is 29.4 Å². The molecule has 1 saturated carbocycles. The number of rotatable bonds is 9. The Morgan fingerprint density at radius 1 is 1.23 bits per heavy atom. The maximum Gasteiger partial charge on any atom is 0.233 e. The highest BCUT2D eigenvalue weighted by Crippen LogP contribution is 2.28. The van der Waals surface area contributed by atoms with Crippen LogP contribution in [0, 0.1) is 0 Å². The molecule has 1 heterocycles. The molecular weight excluding hydrogens is 420 g/mol. The van der Waals surface area contributed by atoms with Gasteiger partial charge in [0.1, 0.15) is 0 Å². The second kappa shape index (κ2) is 11.7. The molecule has 0 unspecified atom stereocenters. The monoisotopic (exact) mass is 450 g/mol. The van der Waals surface area contributed by atoms with E-state index >= 15 is 0 Å². The second-order valence-corrected chi connectivity index (χ2v) is 9.51. The molecule has 1 atom stereocenters. The summed E-state index contributed by atoms with van der Waals surface area (Å²) in [5, 5.41) is 13.2. The van der Waals surface area contributed by atoms with Crippen LogP contribution in [0.3, 0.4) is 0 Å². The Morgan fingerprint density at radius 3 is 2.60 bits per heavy atom. The molecule has 1 aromatic carbocycles. The first kappa shape index (κ1) is 23.1. The van der Waals surface area contributed by atoms with Gasteiger partial charge in [0.05, 0.1) is 5.25 Å². The summed E-state index contributed by atoms with van der Waals surface area (Å²) in [5.41, 5.74) is 0.951. The summed E-state index contributed by atoms with van der Waals surface area (Å²) in [4.78, 5) is 12.8. The zero-order valence-corrected chi connectivity index (χ0v) is 19.3. The van der Waals surface area contributed by atoms with E-state index in [-0.39, 0.29) is 11.2 Å². The molecule has 1 aliphatic carbocycles. The van der Waals surface area contributed by atoms with Gasteiger partial charge in [-0.3, -0.25) is 4.79 Å². The van der Waals surface area contributed by atoms with Crippen molar-refractivity contribution in [2.75, 3.05) is 13.7 Å². The SMILES string of the molecule is COCCCn1c(S[C@@H](C)C(=O)NC2CCCCCC2)nnc1-c1ccc(Cl)cc1. The fourth-order valence-electron chi connectivity index (χ4n) is 3.71. The van der Waals surface area contributed by atoms with E-state index in [4.69, 9.17) is 16.3 Å². The van der Waals surface area contributed by atoms with E-state index in [1.165, 1.54) is 37.4 Å². The van der Waals surface area contributed by atoms with Crippen LogP contribution in [-0.4, -0.2) is 45.7 Å². The number of halogens is 1. The van der Waals surface area contributed by atoms with E-state index in [1.807, 2.05) is 31.2 Å². The number of amides is 1. The van der Waals surface area contributed by atoms with Crippen molar-refractivity contribution >= 4 is 29.3 Å². The topological polar surface area (TPSA) is 69.0 Å². The average Bonchev–Trinajstić information content (AvgIpc) is 2.95. The number of carbonyl (C=O) groups excluding carboxylic acids is 1. The molecule has 1 amide bonds. The third kappa shape index (κ3) is 6.46. The van der Waals surface area contributed by atoms with Crippen molar-refractivity contribution in [3.8, 4) is 11.4 Å². The van der Waals surface area contributed by atoms with Crippen LogP contribution in [0.1, 0.15) is 51.9 Å². The summed E-state index contributed by atoms with van der Waals surface area (Å²) in [6.07, 6.45) is 7.94. The average molecular weight is 451 g/mol. The number of methoxy groups -OCH3 is 1. The molecule has 164 valence electrons. The molecule has 1 aliphatic rings. The fourth-order valence-corrected chi connectivity index (χ4v) is 4.72. The van der Waals surface area contributed by atoms with Crippen molar-refractivity contribution in [3.05, 3.63) is 29.3 Å². The predicted octanol–water partition coefficient (Wildman–Crippen LogP) is 4.95. The molecule has 1 aromatic heterocycles. The van der Waals surface area contributed by atoms with E-state index in [9.17, 15) is 4.79 Å². The zero-order chi connectivity index (χ0) is 21.3. The highest BCUT2D eigenvalue weighted by atomic mass is 35.5. The van der Waals surface area contributed by atoms with Gasteiger partial charge in [-0.25, -0.2) is 0 Å². The van der Waals surface area contributed by atoms with Gasteiger partial charge < -0.3 is 14.6 Å². The number of aromatic nitrogens is 3. The minimum absolute atomic E-state index is 0.0754. The van der Waals surface area contributed by atoms with E-state index < -0.39 is 0 Å². The lowest BCUT2D eigenvalue weighted by Crippen LogP contribution is -2.39. The van der Waals surface area contributed by atoms with Gasteiger partial charge in [-0.1, -0.05) is 49.0 Å². The fraction of sp³-hybridized carbons (Fsp3) is 0.591. The van der Waals surface area contributed by atoms with Crippen molar-refractivity contribution in [1.29, 1.82) is 0 Å². The number of nitrogens with zero attached hydrogens (tertiary/aromatic N) is 3. The van der Waals surface area contributed by atoms with Crippen molar-refractivity contribution in [1.82, 2.24) is 20.1 Å². The zero-order valence-electron chi connectivity index (χ0n) is 17.8. The first-order valence-electron chi connectivity index (χ1n) is 10.7. The van der Waals surface area contributed by atoms with Crippen LogP contribution in [0.25, 0.3) is 11.4 Å². The first-order valence-corrected chi connectivity index (χ1v) is 12.0. The molecule has 0 aliphatic heterocycles. The number of carbonyl (C=O) groups is 1. The minimum Gasteiger partial charge on any atom is -0.385 e. The van der Waals surface area contributed by atoms with Gasteiger partial charge >= 0.3 is 0 Å². The maximum atomic E-state index is 12.8. The molecule has 30 heavy (non-hydrogen) atoms. The number of benzene rings is 1. The lowest BCUT2D eigenvalue weighted by Gasteiger charge is -2.19. The molecule has 1 N–H and O–H groups in total.